The number of fused-ring (bicyclic) bond motifs is 1. The third-order valence-corrected chi connectivity index (χ3v) is 4.10. The summed E-state index contributed by atoms with van der Waals surface area (Å²) >= 11 is 7.69. The van der Waals surface area contributed by atoms with Crippen LogP contribution in [0.3, 0.4) is 0 Å². The van der Waals surface area contributed by atoms with Gasteiger partial charge < -0.3 is 0 Å². The molecule has 0 aromatic carbocycles. The first-order valence-corrected chi connectivity index (χ1v) is 5.85. The molecule has 0 saturated carbocycles. The molecule has 2 aliphatic rings. The maximum Gasteiger partial charge on any atom is 0.179 e. The number of ketones is 1. The van der Waals surface area contributed by atoms with Gasteiger partial charge in [0.1, 0.15) is 5.37 Å². The maximum atomic E-state index is 11.1. The van der Waals surface area contributed by atoms with E-state index in [1.807, 2.05) is 6.92 Å². The molecule has 0 spiro atoms. The van der Waals surface area contributed by atoms with Crippen molar-refractivity contribution in [1.29, 1.82) is 0 Å². The van der Waals surface area contributed by atoms with Crippen molar-refractivity contribution < 1.29 is 4.79 Å². The van der Waals surface area contributed by atoms with Crippen LogP contribution in [0.15, 0.2) is 28.1 Å². The first kappa shape index (κ1) is 9.99. The quantitative estimate of drug-likeness (QED) is 0.536. The molecule has 0 saturated heterocycles. The molecule has 0 aromatic rings. The monoisotopic (exact) mass is 227 g/mol. The Bertz CT molecular complexity index is 359. The van der Waals surface area contributed by atoms with E-state index in [1.54, 1.807) is 30.0 Å². The zero-order valence-corrected chi connectivity index (χ0v) is 9.31. The van der Waals surface area contributed by atoms with Gasteiger partial charge in [-0.2, -0.15) is 0 Å². The summed E-state index contributed by atoms with van der Waals surface area (Å²) in [7, 11) is 0. The second-order valence-electron chi connectivity index (χ2n) is 3.19. The van der Waals surface area contributed by atoms with Crippen molar-refractivity contribution in [2.45, 2.75) is 24.1 Å². The molecule has 0 radical (unpaired) electrons. The molecule has 4 heteroatoms. The van der Waals surface area contributed by atoms with Gasteiger partial charge in [0.25, 0.3) is 0 Å². The van der Waals surface area contributed by atoms with E-state index in [1.165, 1.54) is 0 Å². The smallest absolute Gasteiger partial charge is 0.179 e. The Morgan fingerprint density at radius 3 is 3.14 bits per heavy atom. The van der Waals surface area contributed by atoms with Crippen LogP contribution in [0.1, 0.15) is 13.3 Å². The summed E-state index contributed by atoms with van der Waals surface area (Å²) in [4.78, 5) is 16.5. The number of allylic oxidation sites excluding steroid dienone is 4. The normalized spacial score (nSPS) is 27.0. The van der Waals surface area contributed by atoms with Crippen LogP contribution in [-0.4, -0.2) is 22.2 Å². The van der Waals surface area contributed by atoms with E-state index in [-0.39, 0.29) is 16.5 Å². The summed E-state index contributed by atoms with van der Waals surface area (Å²) in [5, 5.41) is 0.112. The van der Waals surface area contributed by atoms with Gasteiger partial charge in [-0.3, -0.25) is 9.79 Å². The number of nitrogens with zero attached hydrogens (tertiary/aromatic N) is 1. The van der Waals surface area contributed by atoms with Crippen molar-refractivity contribution in [2.24, 2.45) is 4.99 Å². The topological polar surface area (TPSA) is 29.4 Å². The van der Waals surface area contributed by atoms with E-state index >= 15 is 0 Å². The number of hydrogen-bond acceptors (Lipinski definition) is 3. The lowest BCUT2D eigenvalue weighted by molar-refractivity contribution is -0.110. The van der Waals surface area contributed by atoms with Crippen LogP contribution in [0, 0.1) is 0 Å². The minimum absolute atomic E-state index is 0.0368. The van der Waals surface area contributed by atoms with Crippen molar-refractivity contribution >= 4 is 34.9 Å². The van der Waals surface area contributed by atoms with Crippen molar-refractivity contribution in [3.63, 3.8) is 0 Å². The third kappa shape index (κ3) is 1.79. The second kappa shape index (κ2) is 3.91. The molecule has 1 aliphatic carbocycles. The molecular weight excluding hydrogens is 218 g/mol. The fourth-order valence-electron chi connectivity index (χ4n) is 1.35. The molecule has 14 heavy (non-hydrogen) atoms. The third-order valence-electron chi connectivity index (χ3n) is 2.14. The number of aliphatic imine (C=N–C) groups is 1. The van der Waals surface area contributed by atoms with Gasteiger partial charge in [-0.15, -0.1) is 11.6 Å². The predicted molar refractivity (Wildman–Crippen MR) is 61.0 cm³/mol. The number of rotatable bonds is 2. The van der Waals surface area contributed by atoms with E-state index < -0.39 is 0 Å². The molecule has 0 amide bonds. The molecule has 74 valence electrons. The average Bonchev–Trinajstić information content (AvgIpc) is 2.59. The van der Waals surface area contributed by atoms with Crippen LogP contribution >= 0.6 is 23.4 Å². The van der Waals surface area contributed by atoms with E-state index in [9.17, 15) is 4.79 Å². The first-order valence-electron chi connectivity index (χ1n) is 4.53. The lowest BCUT2D eigenvalue weighted by Crippen LogP contribution is -2.11. The molecule has 2 rings (SSSR count). The molecule has 2 unspecified atom stereocenters. The molecular formula is C10H10ClNOS. The predicted octanol–water partition coefficient (Wildman–Crippen LogP) is 2.54. The molecule has 2 nitrogen and oxygen atoms in total. The van der Waals surface area contributed by atoms with Gasteiger partial charge in [0.2, 0.25) is 0 Å². The highest BCUT2D eigenvalue weighted by Gasteiger charge is 2.28. The molecule has 0 fully saturated rings. The van der Waals surface area contributed by atoms with Crippen molar-refractivity contribution in [1.82, 2.24) is 0 Å². The fraction of sp³-hybridized carbons (Fsp3) is 0.400. The second-order valence-corrected chi connectivity index (χ2v) is 4.91. The van der Waals surface area contributed by atoms with Crippen molar-refractivity contribution in [3.05, 3.63) is 23.1 Å². The van der Waals surface area contributed by atoms with Gasteiger partial charge in [0.05, 0.1) is 11.1 Å². The van der Waals surface area contributed by atoms with Gasteiger partial charge in [0.15, 0.2) is 5.78 Å². The van der Waals surface area contributed by atoms with Crippen LogP contribution in [-0.2, 0) is 4.79 Å². The fourth-order valence-corrected chi connectivity index (χ4v) is 2.75. The standard InChI is InChI=1S/C10H10ClNOS/c1-2-7(11)10-12-8-4-3-6(13)5-9(8)14-10/h3-5,7,10H,2H2,1H3. The minimum atomic E-state index is 0.0368. The highest BCUT2D eigenvalue weighted by Crippen LogP contribution is 2.37. The molecule has 0 bridgehead atoms. The van der Waals surface area contributed by atoms with Crippen LogP contribution < -0.4 is 0 Å². The molecule has 2 atom stereocenters. The Balaban J connectivity index is 2.20. The first-order chi connectivity index (χ1) is 6.70. The number of carbonyl (C=O) groups is 1. The SMILES string of the molecule is CCC(Cl)C1N=C2C=CC(=O)C=C2S1. The molecule has 0 aromatic heterocycles. The van der Waals surface area contributed by atoms with Crippen LogP contribution in [0.4, 0.5) is 0 Å². The maximum absolute atomic E-state index is 11.1. The van der Waals surface area contributed by atoms with E-state index in [0.29, 0.717) is 0 Å². The van der Waals surface area contributed by atoms with Gasteiger partial charge in [-0.05, 0) is 18.6 Å². The Morgan fingerprint density at radius 1 is 1.64 bits per heavy atom. The lowest BCUT2D eigenvalue weighted by atomic mass is 10.1. The molecule has 1 aliphatic heterocycles. The Kier molecular flexibility index (Phi) is 2.79. The number of thioether (sulfide) groups is 1. The summed E-state index contributed by atoms with van der Waals surface area (Å²) in [5.74, 6) is 0.0368. The van der Waals surface area contributed by atoms with E-state index in [2.05, 4.69) is 4.99 Å². The number of hydrogen-bond donors (Lipinski definition) is 0. The van der Waals surface area contributed by atoms with Crippen LogP contribution in [0.25, 0.3) is 0 Å². The molecule has 1 heterocycles. The van der Waals surface area contributed by atoms with E-state index in [0.717, 1.165) is 17.0 Å². The van der Waals surface area contributed by atoms with Gasteiger partial charge in [-0.25, -0.2) is 0 Å². The van der Waals surface area contributed by atoms with Crippen molar-refractivity contribution in [2.75, 3.05) is 0 Å². The minimum Gasteiger partial charge on any atom is -0.290 e. The Labute approximate surface area is 92.1 Å². The zero-order valence-electron chi connectivity index (χ0n) is 7.74. The highest BCUT2D eigenvalue weighted by atomic mass is 35.5. The highest BCUT2D eigenvalue weighted by molar-refractivity contribution is 8.05. The summed E-state index contributed by atoms with van der Waals surface area (Å²) < 4.78 is 0. The van der Waals surface area contributed by atoms with Crippen molar-refractivity contribution in [3.8, 4) is 0 Å². The van der Waals surface area contributed by atoms with Gasteiger partial charge in [-0.1, -0.05) is 18.7 Å². The number of carbonyl (C=O) groups excluding carboxylic acids is 1. The number of alkyl halides is 1. The Morgan fingerprint density at radius 2 is 2.43 bits per heavy atom. The largest absolute Gasteiger partial charge is 0.290 e. The zero-order chi connectivity index (χ0) is 10.1. The summed E-state index contributed by atoms with van der Waals surface area (Å²) in [6.07, 6.45) is 5.83. The van der Waals surface area contributed by atoms with Crippen LogP contribution in [0.2, 0.25) is 0 Å². The lowest BCUT2D eigenvalue weighted by Gasteiger charge is -2.10. The summed E-state index contributed by atoms with van der Waals surface area (Å²) in [6.45, 7) is 2.04. The summed E-state index contributed by atoms with van der Waals surface area (Å²) in [5.41, 5.74) is 0.902. The van der Waals surface area contributed by atoms with E-state index in [4.69, 9.17) is 11.6 Å². The van der Waals surface area contributed by atoms with Gasteiger partial charge in [0, 0.05) is 11.0 Å². The van der Waals surface area contributed by atoms with Crippen LogP contribution in [0.5, 0.6) is 0 Å². The average molecular weight is 228 g/mol. The molecule has 0 N–H and O–H groups in total. The van der Waals surface area contributed by atoms with Gasteiger partial charge >= 0.3 is 0 Å². The number of halogens is 1. The summed E-state index contributed by atoms with van der Waals surface area (Å²) in [6, 6.07) is 0. The Hall–Kier alpha value is -0.540.